The van der Waals surface area contributed by atoms with Gasteiger partial charge in [-0.05, 0) is 49.2 Å². The van der Waals surface area contributed by atoms with Crippen molar-refractivity contribution in [2.45, 2.75) is 70.4 Å². The number of pyridine rings is 1. The number of aromatic nitrogens is 1. The first-order chi connectivity index (χ1) is 12.8. The van der Waals surface area contributed by atoms with Crippen LogP contribution in [0, 0.1) is 5.92 Å². The molecule has 0 radical (unpaired) electrons. The highest BCUT2D eigenvalue weighted by molar-refractivity contribution is 5.78. The van der Waals surface area contributed by atoms with Crippen molar-refractivity contribution in [2.75, 3.05) is 13.1 Å². The molecule has 1 saturated carbocycles. The molecule has 0 bridgehead atoms. The van der Waals surface area contributed by atoms with Gasteiger partial charge in [0.2, 0.25) is 0 Å². The third kappa shape index (κ3) is 4.03. The quantitative estimate of drug-likeness (QED) is 0.770. The molecule has 1 atom stereocenters. The lowest BCUT2D eigenvalue weighted by Gasteiger charge is -2.38. The molecule has 1 aliphatic heterocycles. The smallest absolute Gasteiger partial charge is 0.251 e. The summed E-state index contributed by atoms with van der Waals surface area (Å²) in [6, 6.07) is 12.6. The summed E-state index contributed by atoms with van der Waals surface area (Å²) < 4.78 is 1.97. The molecule has 0 amide bonds. The average molecular weight is 353 g/mol. The Kier molecular flexibility index (Phi) is 5.74. The van der Waals surface area contributed by atoms with Gasteiger partial charge in [-0.1, -0.05) is 56.7 Å². The Hall–Kier alpha value is -1.61. The van der Waals surface area contributed by atoms with E-state index in [2.05, 4.69) is 17.0 Å². The van der Waals surface area contributed by atoms with E-state index in [-0.39, 0.29) is 5.56 Å². The van der Waals surface area contributed by atoms with E-state index in [1.54, 1.807) is 6.07 Å². The molecule has 3 heteroatoms. The van der Waals surface area contributed by atoms with Gasteiger partial charge >= 0.3 is 0 Å². The highest BCUT2D eigenvalue weighted by Crippen LogP contribution is 2.31. The second kappa shape index (κ2) is 8.39. The average Bonchev–Trinajstić information content (AvgIpc) is 2.69. The molecule has 1 aromatic heterocycles. The zero-order valence-electron chi connectivity index (χ0n) is 15.9. The summed E-state index contributed by atoms with van der Waals surface area (Å²) in [6.07, 6.45) is 12.6. The van der Waals surface area contributed by atoms with Gasteiger partial charge in [-0.3, -0.25) is 9.69 Å². The SMILES string of the molecule is O=c1ccc2ccccc2n1CCN1CCCCC1CC1CCCCC1. The van der Waals surface area contributed by atoms with Crippen molar-refractivity contribution in [3.8, 4) is 0 Å². The summed E-state index contributed by atoms with van der Waals surface area (Å²) >= 11 is 0. The number of likely N-dealkylation sites (tertiary alicyclic amines) is 1. The summed E-state index contributed by atoms with van der Waals surface area (Å²) in [5.74, 6) is 0.939. The normalized spacial score (nSPS) is 22.7. The van der Waals surface area contributed by atoms with Crippen LogP contribution in [0.1, 0.15) is 57.8 Å². The minimum absolute atomic E-state index is 0.129. The molecular weight excluding hydrogens is 320 g/mol. The predicted molar refractivity (Wildman–Crippen MR) is 109 cm³/mol. The minimum Gasteiger partial charge on any atom is -0.307 e. The monoisotopic (exact) mass is 352 g/mol. The predicted octanol–water partition coefficient (Wildman–Crippen LogP) is 4.83. The zero-order chi connectivity index (χ0) is 17.8. The van der Waals surface area contributed by atoms with Crippen molar-refractivity contribution in [3.63, 3.8) is 0 Å². The third-order valence-electron chi connectivity index (χ3n) is 6.59. The Morgan fingerprint density at radius 1 is 0.846 bits per heavy atom. The topological polar surface area (TPSA) is 25.2 Å². The van der Waals surface area contributed by atoms with Gasteiger partial charge in [0.25, 0.3) is 5.56 Å². The number of fused-ring (bicyclic) bond motifs is 1. The second-order valence-corrected chi connectivity index (χ2v) is 8.31. The lowest BCUT2D eigenvalue weighted by atomic mass is 9.82. The summed E-state index contributed by atoms with van der Waals surface area (Å²) in [7, 11) is 0. The van der Waals surface area contributed by atoms with E-state index in [1.165, 1.54) is 64.3 Å². The molecule has 1 saturated heterocycles. The van der Waals surface area contributed by atoms with Crippen LogP contribution in [0.5, 0.6) is 0 Å². The van der Waals surface area contributed by atoms with Crippen LogP contribution in [0.2, 0.25) is 0 Å². The third-order valence-corrected chi connectivity index (χ3v) is 6.59. The summed E-state index contributed by atoms with van der Waals surface area (Å²) in [6.45, 7) is 3.02. The summed E-state index contributed by atoms with van der Waals surface area (Å²) in [4.78, 5) is 15.1. The van der Waals surface area contributed by atoms with Crippen LogP contribution < -0.4 is 5.56 Å². The molecule has 2 aromatic rings. The maximum atomic E-state index is 12.4. The maximum Gasteiger partial charge on any atom is 0.251 e. The molecule has 2 aliphatic rings. The molecular formula is C23H32N2O. The van der Waals surface area contributed by atoms with E-state index in [0.717, 1.165) is 36.0 Å². The molecule has 1 aromatic carbocycles. The lowest BCUT2D eigenvalue weighted by Crippen LogP contribution is -2.43. The number of para-hydroxylation sites is 1. The largest absolute Gasteiger partial charge is 0.307 e. The van der Waals surface area contributed by atoms with E-state index in [4.69, 9.17) is 0 Å². The van der Waals surface area contributed by atoms with Gasteiger partial charge in [0, 0.05) is 25.2 Å². The molecule has 2 fully saturated rings. The van der Waals surface area contributed by atoms with E-state index < -0.39 is 0 Å². The lowest BCUT2D eigenvalue weighted by molar-refractivity contribution is 0.113. The van der Waals surface area contributed by atoms with Gasteiger partial charge in [0.05, 0.1) is 5.52 Å². The van der Waals surface area contributed by atoms with Crippen LogP contribution in [-0.4, -0.2) is 28.6 Å². The van der Waals surface area contributed by atoms with Gasteiger partial charge in [-0.2, -0.15) is 0 Å². The number of piperidine rings is 1. The first-order valence-corrected chi connectivity index (χ1v) is 10.6. The standard InChI is InChI=1S/C23H32N2O/c26-23-14-13-20-10-4-5-12-22(20)25(23)17-16-24-15-7-6-11-21(24)18-19-8-2-1-3-9-19/h4-5,10,12-14,19,21H,1-3,6-9,11,15-18H2. The molecule has 3 nitrogen and oxygen atoms in total. The molecule has 0 N–H and O–H groups in total. The van der Waals surface area contributed by atoms with Gasteiger partial charge in [0.15, 0.2) is 0 Å². The highest BCUT2D eigenvalue weighted by atomic mass is 16.1. The van der Waals surface area contributed by atoms with Gasteiger partial charge < -0.3 is 4.57 Å². The number of hydrogen-bond donors (Lipinski definition) is 0. The number of benzene rings is 1. The van der Waals surface area contributed by atoms with E-state index in [0.29, 0.717) is 0 Å². The van der Waals surface area contributed by atoms with Crippen LogP contribution in [0.4, 0.5) is 0 Å². The fraction of sp³-hybridized carbons (Fsp3) is 0.609. The number of hydrogen-bond acceptors (Lipinski definition) is 2. The van der Waals surface area contributed by atoms with Crippen molar-refractivity contribution in [2.24, 2.45) is 5.92 Å². The molecule has 4 rings (SSSR count). The van der Waals surface area contributed by atoms with Crippen LogP contribution in [0.25, 0.3) is 10.9 Å². The van der Waals surface area contributed by atoms with E-state index >= 15 is 0 Å². The molecule has 1 unspecified atom stereocenters. The molecule has 140 valence electrons. The van der Waals surface area contributed by atoms with Gasteiger partial charge in [-0.15, -0.1) is 0 Å². The first-order valence-electron chi connectivity index (χ1n) is 10.6. The van der Waals surface area contributed by atoms with Crippen molar-refractivity contribution >= 4 is 10.9 Å². The molecule has 1 aliphatic carbocycles. The zero-order valence-corrected chi connectivity index (χ0v) is 15.9. The number of rotatable bonds is 5. The van der Waals surface area contributed by atoms with Crippen molar-refractivity contribution < 1.29 is 0 Å². The van der Waals surface area contributed by atoms with Gasteiger partial charge in [-0.25, -0.2) is 0 Å². The van der Waals surface area contributed by atoms with Crippen LogP contribution in [0.3, 0.4) is 0 Å². The second-order valence-electron chi connectivity index (χ2n) is 8.31. The first kappa shape index (κ1) is 17.8. The molecule has 0 spiro atoms. The van der Waals surface area contributed by atoms with Crippen molar-refractivity contribution in [3.05, 3.63) is 46.8 Å². The van der Waals surface area contributed by atoms with Crippen LogP contribution in [-0.2, 0) is 6.54 Å². The fourth-order valence-electron chi connectivity index (χ4n) is 5.13. The Morgan fingerprint density at radius 3 is 2.54 bits per heavy atom. The van der Waals surface area contributed by atoms with Crippen LogP contribution >= 0.6 is 0 Å². The fourth-order valence-corrected chi connectivity index (χ4v) is 5.13. The maximum absolute atomic E-state index is 12.4. The van der Waals surface area contributed by atoms with E-state index in [9.17, 15) is 4.79 Å². The number of nitrogens with zero attached hydrogens (tertiary/aromatic N) is 2. The Morgan fingerprint density at radius 2 is 1.65 bits per heavy atom. The Labute approximate surface area is 157 Å². The van der Waals surface area contributed by atoms with E-state index in [1.807, 2.05) is 22.8 Å². The Balaban J connectivity index is 1.45. The van der Waals surface area contributed by atoms with Crippen molar-refractivity contribution in [1.82, 2.24) is 9.47 Å². The van der Waals surface area contributed by atoms with Crippen LogP contribution in [0.15, 0.2) is 41.2 Å². The Bertz CT molecular complexity index is 775. The summed E-state index contributed by atoms with van der Waals surface area (Å²) in [5, 5.41) is 1.16. The summed E-state index contributed by atoms with van der Waals surface area (Å²) in [5.41, 5.74) is 1.20. The minimum atomic E-state index is 0.129. The van der Waals surface area contributed by atoms with Crippen molar-refractivity contribution in [1.29, 1.82) is 0 Å². The highest BCUT2D eigenvalue weighted by Gasteiger charge is 2.26. The molecule has 26 heavy (non-hydrogen) atoms. The molecule has 2 heterocycles. The van der Waals surface area contributed by atoms with Gasteiger partial charge in [0.1, 0.15) is 0 Å².